The molecule has 0 saturated carbocycles. The van der Waals surface area contributed by atoms with Crippen molar-refractivity contribution in [2.24, 2.45) is 0 Å². The highest BCUT2D eigenvalue weighted by molar-refractivity contribution is 5.95. The molecule has 1 unspecified atom stereocenters. The van der Waals surface area contributed by atoms with Crippen LogP contribution in [0, 0.1) is 0 Å². The number of nitrogens with one attached hydrogen (secondary N) is 2. The summed E-state index contributed by atoms with van der Waals surface area (Å²) in [5.41, 5.74) is 2.44. The van der Waals surface area contributed by atoms with E-state index in [1.165, 1.54) is 4.90 Å². The maximum atomic E-state index is 12.4. The minimum absolute atomic E-state index is 0.0518. The molecule has 180 valence electrons. The van der Waals surface area contributed by atoms with E-state index in [2.05, 4.69) is 30.8 Å². The van der Waals surface area contributed by atoms with Crippen LogP contribution in [-0.4, -0.2) is 65.1 Å². The first-order chi connectivity index (χ1) is 17.1. The maximum absolute atomic E-state index is 12.4. The van der Waals surface area contributed by atoms with Crippen LogP contribution < -0.4 is 25.0 Å². The summed E-state index contributed by atoms with van der Waals surface area (Å²) in [7, 11) is 1.58. The molecule has 3 aromatic rings. The second kappa shape index (κ2) is 9.89. The van der Waals surface area contributed by atoms with Crippen LogP contribution in [-0.2, 0) is 16.1 Å². The van der Waals surface area contributed by atoms with E-state index in [0.717, 1.165) is 11.3 Å². The van der Waals surface area contributed by atoms with Gasteiger partial charge in [-0.15, -0.1) is 0 Å². The lowest BCUT2D eigenvalue weighted by atomic mass is 10.1. The smallest absolute Gasteiger partial charge is 0.415 e. The zero-order valence-corrected chi connectivity index (χ0v) is 18.9. The summed E-state index contributed by atoms with van der Waals surface area (Å²) in [5.74, 6) is 1.52. The van der Waals surface area contributed by atoms with E-state index >= 15 is 0 Å². The highest BCUT2D eigenvalue weighted by atomic mass is 16.6. The third-order valence-electron chi connectivity index (χ3n) is 5.54. The highest BCUT2D eigenvalue weighted by Gasteiger charge is 2.33. The topological polar surface area (TPSA) is 141 Å². The second-order valence-corrected chi connectivity index (χ2v) is 7.95. The van der Waals surface area contributed by atoms with Gasteiger partial charge in [-0.1, -0.05) is 0 Å². The van der Waals surface area contributed by atoms with Gasteiger partial charge in [-0.2, -0.15) is 10.2 Å². The average molecular weight is 477 g/mol. The third kappa shape index (κ3) is 5.11. The molecule has 2 aliphatic heterocycles. The fourth-order valence-electron chi connectivity index (χ4n) is 3.78. The van der Waals surface area contributed by atoms with E-state index in [0.29, 0.717) is 54.9 Å². The highest BCUT2D eigenvalue weighted by Crippen LogP contribution is 2.30. The minimum atomic E-state index is -0.473. The lowest BCUT2D eigenvalue weighted by molar-refractivity contribution is -0.118. The monoisotopic (exact) mass is 477 g/mol. The van der Waals surface area contributed by atoms with Gasteiger partial charge in [0.1, 0.15) is 17.7 Å². The first kappa shape index (κ1) is 22.5. The molecule has 0 bridgehead atoms. The number of hydrogen-bond acceptors (Lipinski definition) is 10. The lowest BCUT2D eigenvalue weighted by Crippen LogP contribution is -2.29. The first-order valence-corrected chi connectivity index (χ1v) is 11.0. The summed E-state index contributed by atoms with van der Waals surface area (Å²) >= 11 is 0. The van der Waals surface area contributed by atoms with Crippen molar-refractivity contribution >= 4 is 23.6 Å². The van der Waals surface area contributed by atoms with Crippen molar-refractivity contribution < 1.29 is 23.8 Å². The van der Waals surface area contributed by atoms with Crippen LogP contribution in [0.25, 0.3) is 11.3 Å². The van der Waals surface area contributed by atoms with Gasteiger partial charge in [0.25, 0.3) is 5.91 Å². The van der Waals surface area contributed by atoms with Crippen molar-refractivity contribution in [3.63, 3.8) is 0 Å². The molecule has 1 fully saturated rings. The Morgan fingerprint density at radius 1 is 1.26 bits per heavy atom. The predicted octanol–water partition coefficient (Wildman–Crippen LogP) is 1.78. The number of rotatable bonds is 8. The molecule has 2 aliphatic rings. The number of methoxy groups -OCH3 is 1. The fourth-order valence-corrected chi connectivity index (χ4v) is 3.78. The number of nitrogens with zero attached hydrogens (tertiary/aromatic N) is 5. The number of carbonyl (C=O) groups is 2. The van der Waals surface area contributed by atoms with Crippen molar-refractivity contribution in [3.05, 3.63) is 48.4 Å². The van der Waals surface area contributed by atoms with Crippen LogP contribution in [0.2, 0.25) is 0 Å². The minimum Gasteiger partial charge on any atom is -0.495 e. The molecule has 12 nitrogen and oxygen atoms in total. The first-order valence-electron chi connectivity index (χ1n) is 11.0. The summed E-state index contributed by atoms with van der Waals surface area (Å²) in [6, 6.07) is 8.98. The Hall–Kier alpha value is -4.32. The molecule has 5 heterocycles. The summed E-state index contributed by atoms with van der Waals surface area (Å²) in [5, 5.41) is 14.1. The summed E-state index contributed by atoms with van der Waals surface area (Å²) in [4.78, 5) is 34.1. The van der Waals surface area contributed by atoms with Gasteiger partial charge in [0.05, 0.1) is 31.2 Å². The number of carbonyl (C=O) groups excluding carboxylic acids is 2. The second-order valence-electron chi connectivity index (χ2n) is 7.95. The van der Waals surface area contributed by atoms with Gasteiger partial charge >= 0.3 is 6.09 Å². The van der Waals surface area contributed by atoms with Crippen LogP contribution in [0.3, 0.4) is 0 Å². The van der Waals surface area contributed by atoms with Crippen molar-refractivity contribution in [1.82, 2.24) is 25.5 Å². The SMILES string of the molecule is COc1cnnc(-c2ccnc(CNCCC3CN(c4ccc5c(n4)NC(=O)CO5)C(=O)O3)c2)c1. The van der Waals surface area contributed by atoms with Gasteiger partial charge in [0.2, 0.25) is 0 Å². The predicted molar refractivity (Wildman–Crippen MR) is 124 cm³/mol. The number of hydrogen-bond donors (Lipinski definition) is 2. The van der Waals surface area contributed by atoms with Crippen molar-refractivity contribution in [2.75, 3.05) is 37.0 Å². The third-order valence-corrected chi connectivity index (χ3v) is 5.54. The number of fused-ring (bicyclic) bond motifs is 1. The number of aromatic nitrogens is 4. The van der Waals surface area contributed by atoms with Gasteiger partial charge in [-0.05, 0) is 37.2 Å². The Morgan fingerprint density at radius 3 is 3.06 bits per heavy atom. The molecule has 2 amide bonds. The number of anilines is 2. The molecule has 12 heteroatoms. The van der Waals surface area contributed by atoms with Crippen LogP contribution in [0.5, 0.6) is 11.5 Å². The number of amides is 2. The number of pyridine rings is 2. The zero-order valence-electron chi connectivity index (χ0n) is 18.9. The van der Waals surface area contributed by atoms with E-state index in [1.54, 1.807) is 31.6 Å². The zero-order chi connectivity index (χ0) is 24.2. The maximum Gasteiger partial charge on any atom is 0.415 e. The van der Waals surface area contributed by atoms with Gasteiger partial charge in [-0.3, -0.25) is 14.7 Å². The van der Waals surface area contributed by atoms with Gasteiger partial charge in [-0.25, -0.2) is 9.78 Å². The van der Waals surface area contributed by atoms with Gasteiger partial charge in [0.15, 0.2) is 18.2 Å². The van der Waals surface area contributed by atoms with Crippen molar-refractivity contribution in [1.29, 1.82) is 0 Å². The molecular weight excluding hydrogens is 454 g/mol. The largest absolute Gasteiger partial charge is 0.495 e. The molecule has 35 heavy (non-hydrogen) atoms. The molecule has 5 rings (SSSR count). The molecular formula is C23H23N7O5. The molecule has 1 saturated heterocycles. The van der Waals surface area contributed by atoms with Crippen LogP contribution in [0.4, 0.5) is 16.4 Å². The molecule has 0 radical (unpaired) electrons. The Morgan fingerprint density at radius 2 is 2.17 bits per heavy atom. The standard InChI is InChI=1S/C23H23N7O5/c1-33-17-9-18(29-26-11-17)14-4-7-25-15(8-14)10-24-6-5-16-12-30(23(32)35-16)20-3-2-19-22(27-20)28-21(31)13-34-19/h2-4,7-9,11,16,24H,5-6,10,12-13H2,1H3,(H,27,28,31). The number of ether oxygens (including phenoxy) is 3. The Balaban J connectivity index is 1.13. The molecule has 0 spiro atoms. The van der Waals surface area contributed by atoms with E-state index in [-0.39, 0.29) is 18.6 Å². The van der Waals surface area contributed by atoms with Crippen molar-refractivity contribution in [2.45, 2.75) is 19.1 Å². The molecule has 0 aromatic carbocycles. The van der Waals surface area contributed by atoms with E-state index in [4.69, 9.17) is 14.2 Å². The Bertz CT molecular complexity index is 1250. The fraction of sp³-hybridized carbons (Fsp3) is 0.304. The normalized spacial score (nSPS) is 16.8. The van der Waals surface area contributed by atoms with Crippen LogP contribution >= 0.6 is 0 Å². The quantitative estimate of drug-likeness (QED) is 0.461. The van der Waals surface area contributed by atoms with Gasteiger partial charge < -0.3 is 24.8 Å². The van der Waals surface area contributed by atoms with E-state index in [1.807, 2.05) is 18.2 Å². The Kier molecular flexibility index (Phi) is 6.35. The van der Waals surface area contributed by atoms with Gasteiger partial charge in [0, 0.05) is 24.4 Å². The van der Waals surface area contributed by atoms with Crippen LogP contribution in [0.1, 0.15) is 12.1 Å². The lowest BCUT2D eigenvalue weighted by Gasteiger charge is -2.19. The van der Waals surface area contributed by atoms with Crippen molar-refractivity contribution in [3.8, 4) is 22.8 Å². The summed E-state index contributed by atoms with van der Waals surface area (Å²) < 4.78 is 16.0. The average Bonchev–Trinajstić information content (AvgIpc) is 3.26. The molecule has 3 aromatic heterocycles. The Labute approximate surface area is 200 Å². The van der Waals surface area contributed by atoms with E-state index < -0.39 is 6.09 Å². The number of cyclic esters (lactones) is 1. The summed E-state index contributed by atoms with van der Waals surface area (Å²) in [6.07, 6.45) is 3.14. The van der Waals surface area contributed by atoms with E-state index in [9.17, 15) is 9.59 Å². The molecule has 2 N–H and O–H groups in total. The molecule has 1 atom stereocenters. The van der Waals surface area contributed by atoms with Crippen LogP contribution in [0.15, 0.2) is 42.7 Å². The summed E-state index contributed by atoms with van der Waals surface area (Å²) in [6.45, 7) is 1.48. The molecule has 0 aliphatic carbocycles.